The van der Waals surface area contributed by atoms with Gasteiger partial charge in [-0.2, -0.15) is 0 Å². The van der Waals surface area contributed by atoms with Crippen LogP contribution in [0.25, 0.3) is 0 Å². The highest BCUT2D eigenvalue weighted by Crippen LogP contribution is 2.17. The molecule has 1 aromatic rings. The minimum atomic E-state index is -3.44. The molecule has 0 saturated carbocycles. The molecule has 0 spiro atoms. The van der Waals surface area contributed by atoms with Crippen molar-refractivity contribution in [1.29, 1.82) is 0 Å². The van der Waals surface area contributed by atoms with Crippen molar-refractivity contribution in [3.8, 4) is 0 Å². The van der Waals surface area contributed by atoms with E-state index in [2.05, 4.69) is 6.92 Å². The topological polar surface area (TPSA) is 57.7 Å². The van der Waals surface area contributed by atoms with Gasteiger partial charge >= 0.3 is 0 Å². The van der Waals surface area contributed by atoms with Crippen molar-refractivity contribution >= 4 is 15.9 Å². The smallest absolute Gasteiger partial charge is 0.223 e. The molecule has 0 aromatic heterocycles. The normalized spacial score (nSPS) is 16.4. The molecular weight excluding hydrogens is 343 g/mol. The number of hydrogen-bond donors (Lipinski definition) is 0. The summed E-state index contributed by atoms with van der Waals surface area (Å²) < 4.78 is 38.9. The fourth-order valence-corrected chi connectivity index (χ4v) is 3.87. The van der Waals surface area contributed by atoms with Crippen LogP contribution in [0.1, 0.15) is 31.7 Å². The first-order valence-corrected chi connectivity index (χ1v) is 10.6. The summed E-state index contributed by atoms with van der Waals surface area (Å²) in [5, 5.41) is 0. The Morgan fingerprint density at radius 3 is 2.48 bits per heavy atom. The Hall–Kier alpha value is -1.47. The second-order valence-corrected chi connectivity index (χ2v) is 8.80. The van der Waals surface area contributed by atoms with Crippen molar-refractivity contribution in [2.45, 2.75) is 32.6 Å². The van der Waals surface area contributed by atoms with E-state index in [1.54, 1.807) is 18.2 Å². The third-order valence-electron chi connectivity index (χ3n) is 4.77. The molecule has 0 unspecified atom stereocenters. The SMILES string of the molecule is CC1CCN(C(=O)CCN(CCc2ccccc2F)S(C)(=O)=O)CC1. The van der Waals surface area contributed by atoms with E-state index in [-0.39, 0.29) is 37.7 Å². The minimum absolute atomic E-state index is 0.00792. The number of rotatable bonds is 7. The summed E-state index contributed by atoms with van der Waals surface area (Å²) in [4.78, 5) is 14.1. The summed E-state index contributed by atoms with van der Waals surface area (Å²) >= 11 is 0. The van der Waals surface area contributed by atoms with E-state index in [0.717, 1.165) is 32.2 Å². The van der Waals surface area contributed by atoms with Crippen LogP contribution in [-0.4, -0.2) is 56.0 Å². The lowest BCUT2D eigenvalue weighted by Crippen LogP contribution is -2.41. The highest BCUT2D eigenvalue weighted by atomic mass is 32.2. The summed E-state index contributed by atoms with van der Waals surface area (Å²) in [6, 6.07) is 6.34. The van der Waals surface area contributed by atoms with E-state index in [0.29, 0.717) is 11.5 Å². The molecule has 0 radical (unpaired) electrons. The van der Waals surface area contributed by atoms with Crippen molar-refractivity contribution in [3.63, 3.8) is 0 Å². The molecule has 1 saturated heterocycles. The maximum absolute atomic E-state index is 13.7. The Morgan fingerprint density at radius 1 is 1.24 bits per heavy atom. The van der Waals surface area contributed by atoms with Crippen LogP contribution in [0, 0.1) is 11.7 Å². The summed E-state index contributed by atoms with van der Waals surface area (Å²) in [7, 11) is -3.44. The zero-order valence-corrected chi connectivity index (χ0v) is 15.8. The molecule has 140 valence electrons. The molecule has 0 bridgehead atoms. The highest BCUT2D eigenvalue weighted by molar-refractivity contribution is 7.88. The van der Waals surface area contributed by atoms with Crippen molar-refractivity contribution in [2.75, 3.05) is 32.4 Å². The van der Waals surface area contributed by atoms with Gasteiger partial charge in [0.15, 0.2) is 0 Å². The lowest BCUT2D eigenvalue weighted by Gasteiger charge is -2.31. The van der Waals surface area contributed by atoms with Crippen LogP contribution < -0.4 is 0 Å². The molecule has 1 heterocycles. The molecule has 1 aromatic carbocycles. The van der Waals surface area contributed by atoms with E-state index < -0.39 is 10.0 Å². The lowest BCUT2D eigenvalue weighted by atomic mass is 9.99. The van der Waals surface area contributed by atoms with E-state index in [1.807, 2.05) is 4.90 Å². The largest absolute Gasteiger partial charge is 0.343 e. The predicted molar refractivity (Wildman–Crippen MR) is 96.1 cm³/mol. The fourth-order valence-electron chi connectivity index (χ4n) is 3.03. The van der Waals surface area contributed by atoms with Gasteiger partial charge in [-0.25, -0.2) is 17.1 Å². The fraction of sp³-hybridized carbons (Fsp3) is 0.611. The Kier molecular flexibility index (Phi) is 6.95. The van der Waals surface area contributed by atoms with E-state index in [4.69, 9.17) is 0 Å². The van der Waals surface area contributed by atoms with Crippen molar-refractivity contribution < 1.29 is 17.6 Å². The summed E-state index contributed by atoms with van der Waals surface area (Å²) in [6.07, 6.45) is 3.57. The predicted octanol–water partition coefficient (Wildman–Crippen LogP) is 2.28. The number of halogens is 1. The number of amides is 1. The van der Waals surface area contributed by atoms with Crippen molar-refractivity contribution in [1.82, 2.24) is 9.21 Å². The molecule has 1 fully saturated rings. The van der Waals surface area contributed by atoms with Gasteiger partial charge < -0.3 is 4.90 Å². The molecule has 1 amide bonds. The maximum Gasteiger partial charge on any atom is 0.223 e. The molecule has 0 N–H and O–H groups in total. The Balaban J connectivity index is 1.90. The zero-order chi connectivity index (χ0) is 18.4. The third-order valence-corrected chi connectivity index (χ3v) is 6.07. The Bertz CT molecular complexity index is 685. The summed E-state index contributed by atoms with van der Waals surface area (Å²) in [5.74, 6) is 0.290. The van der Waals surface area contributed by atoms with Gasteiger partial charge in [0, 0.05) is 32.6 Å². The number of piperidine rings is 1. The highest BCUT2D eigenvalue weighted by Gasteiger charge is 2.23. The molecule has 0 aliphatic carbocycles. The molecule has 1 aliphatic rings. The summed E-state index contributed by atoms with van der Waals surface area (Å²) in [6.45, 7) is 3.97. The minimum Gasteiger partial charge on any atom is -0.343 e. The van der Waals surface area contributed by atoms with Crippen LogP contribution in [0.15, 0.2) is 24.3 Å². The van der Waals surface area contributed by atoms with Crippen LogP contribution in [0.4, 0.5) is 4.39 Å². The van der Waals surface area contributed by atoms with E-state index >= 15 is 0 Å². The first kappa shape index (κ1) is 19.8. The number of likely N-dealkylation sites (tertiary alicyclic amines) is 1. The number of hydrogen-bond acceptors (Lipinski definition) is 3. The van der Waals surface area contributed by atoms with Gasteiger partial charge in [0.25, 0.3) is 0 Å². The number of sulfonamides is 1. The van der Waals surface area contributed by atoms with Crippen LogP contribution >= 0.6 is 0 Å². The van der Waals surface area contributed by atoms with Crippen LogP contribution in [0.2, 0.25) is 0 Å². The van der Waals surface area contributed by atoms with Gasteiger partial charge in [0.2, 0.25) is 15.9 Å². The lowest BCUT2D eigenvalue weighted by molar-refractivity contribution is -0.132. The number of benzene rings is 1. The number of carbonyl (C=O) groups is 1. The average molecular weight is 370 g/mol. The first-order chi connectivity index (χ1) is 11.8. The molecular formula is C18H27FN2O3S. The molecule has 5 nitrogen and oxygen atoms in total. The molecule has 1 aliphatic heterocycles. The Morgan fingerprint density at radius 2 is 1.88 bits per heavy atom. The van der Waals surface area contributed by atoms with Crippen molar-refractivity contribution in [2.24, 2.45) is 5.92 Å². The first-order valence-electron chi connectivity index (χ1n) is 8.73. The number of carbonyl (C=O) groups excluding carboxylic acids is 1. The van der Waals surface area contributed by atoms with Gasteiger partial charge in [-0.15, -0.1) is 0 Å². The average Bonchev–Trinajstić information content (AvgIpc) is 2.55. The van der Waals surface area contributed by atoms with Gasteiger partial charge in [-0.1, -0.05) is 25.1 Å². The van der Waals surface area contributed by atoms with E-state index in [1.165, 1.54) is 10.4 Å². The number of nitrogens with zero attached hydrogens (tertiary/aromatic N) is 2. The van der Waals surface area contributed by atoms with Gasteiger partial charge in [0.05, 0.1) is 6.26 Å². The van der Waals surface area contributed by atoms with Gasteiger partial charge in [-0.05, 0) is 36.8 Å². The second kappa shape index (κ2) is 8.76. The van der Waals surface area contributed by atoms with Gasteiger partial charge in [-0.3, -0.25) is 4.79 Å². The second-order valence-electron chi connectivity index (χ2n) is 6.82. The summed E-state index contributed by atoms with van der Waals surface area (Å²) in [5.41, 5.74) is 0.479. The van der Waals surface area contributed by atoms with E-state index in [9.17, 15) is 17.6 Å². The Labute approximate surface area is 149 Å². The molecule has 0 atom stereocenters. The van der Waals surface area contributed by atoms with Crippen molar-refractivity contribution in [3.05, 3.63) is 35.6 Å². The third kappa shape index (κ3) is 6.08. The zero-order valence-electron chi connectivity index (χ0n) is 14.9. The monoisotopic (exact) mass is 370 g/mol. The van der Waals surface area contributed by atoms with Crippen LogP contribution in [0.3, 0.4) is 0 Å². The van der Waals surface area contributed by atoms with Crippen LogP contribution in [-0.2, 0) is 21.2 Å². The van der Waals surface area contributed by atoms with Gasteiger partial charge in [0.1, 0.15) is 5.82 Å². The molecule has 2 rings (SSSR count). The van der Waals surface area contributed by atoms with Crippen LogP contribution in [0.5, 0.6) is 0 Å². The quantitative estimate of drug-likeness (QED) is 0.740. The molecule has 25 heavy (non-hydrogen) atoms. The standard InChI is InChI=1S/C18H27FN2O3S/c1-15-7-11-20(12-8-15)18(22)10-14-21(25(2,23)24)13-9-16-5-3-4-6-17(16)19/h3-6,15H,7-14H2,1-2H3. The molecule has 7 heteroatoms. The maximum atomic E-state index is 13.7.